The van der Waals surface area contributed by atoms with E-state index in [1.165, 1.54) is 15.6 Å². The van der Waals surface area contributed by atoms with Gasteiger partial charge in [-0.05, 0) is 36.6 Å². The van der Waals surface area contributed by atoms with Crippen molar-refractivity contribution in [3.63, 3.8) is 0 Å². The van der Waals surface area contributed by atoms with E-state index in [-0.39, 0.29) is 16.9 Å². The van der Waals surface area contributed by atoms with E-state index in [1.54, 1.807) is 16.8 Å². The van der Waals surface area contributed by atoms with Gasteiger partial charge in [-0.15, -0.1) is 0 Å². The zero-order valence-corrected chi connectivity index (χ0v) is 12.6. The Labute approximate surface area is 122 Å². The fourth-order valence-electron chi connectivity index (χ4n) is 3.50. The van der Waals surface area contributed by atoms with E-state index < -0.39 is 22.0 Å². The molecule has 0 amide bonds. The summed E-state index contributed by atoms with van der Waals surface area (Å²) < 4.78 is 26.7. The summed E-state index contributed by atoms with van der Waals surface area (Å²) in [6.07, 6.45) is 4.20. The van der Waals surface area contributed by atoms with Gasteiger partial charge in [0.2, 0.25) is 10.0 Å². The fraction of sp³-hybridized carbons (Fsp3) is 0.615. The van der Waals surface area contributed by atoms with Gasteiger partial charge < -0.3 is 5.11 Å². The van der Waals surface area contributed by atoms with Crippen LogP contribution in [0.3, 0.4) is 0 Å². The number of sulfonamides is 1. The highest BCUT2D eigenvalue weighted by Gasteiger charge is 2.51. The SMILES string of the molecule is O=C(O)C1CC2CCCCC2N1S(=O)(=O)c1ccsc1. The molecule has 1 aromatic rings. The smallest absolute Gasteiger partial charge is 0.322 e. The predicted octanol–water partition coefficient (Wildman–Crippen LogP) is 2.15. The van der Waals surface area contributed by atoms with Gasteiger partial charge in [-0.3, -0.25) is 4.79 Å². The molecule has 5 nitrogen and oxygen atoms in total. The molecule has 0 radical (unpaired) electrons. The molecule has 2 aliphatic rings. The first-order chi connectivity index (χ1) is 9.51. The molecule has 1 saturated carbocycles. The standard InChI is InChI=1S/C13H17NO4S2/c15-13(16)12-7-9-3-1-2-4-11(9)14(12)20(17,18)10-5-6-19-8-10/h5-6,8-9,11-12H,1-4,7H2,(H,15,16). The highest BCUT2D eigenvalue weighted by atomic mass is 32.2. The van der Waals surface area contributed by atoms with Crippen LogP contribution in [0, 0.1) is 5.92 Å². The molecule has 3 unspecified atom stereocenters. The molecule has 7 heteroatoms. The normalized spacial score (nSPS) is 31.1. The number of hydrogen-bond acceptors (Lipinski definition) is 4. The lowest BCUT2D eigenvalue weighted by Gasteiger charge is -2.31. The summed E-state index contributed by atoms with van der Waals surface area (Å²) in [7, 11) is -3.70. The molecule has 0 spiro atoms. The second kappa shape index (κ2) is 5.13. The van der Waals surface area contributed by atoms with Crippen LogP contribution in [0.4, 0.5) is 0 Å². The van der Waals surface area contributed by atoms with Crippen LogP contribution in [0.15, 0.2) is 21.7 Å². The van der Waals surface area contributed by atoms with Crippen LogP contribution in [-0.4, -0.2) is 35.9 Å². The molecular formula is C13H17NO4S2. The van der Waals surface area contributed by atoms with Crippen molar-refractivity contribution in [3.8, 4) is 0 Å². The van der Waals surface area contributed by atoms with Crippen molar-refractivity contribution in [2.45, 2.75) is 49.1 Å². The minimum atomic E-state index is -3.70. The monoisotopic (exact) mass is 315 g/mol. The van der Waals surface area contributed by atoms with Crippen LogP contribution >= 0.6 is 11.3 Å². The molecule has 3 atom stereocenters. The number of fused-ring (bicyclic) bond motifs is 1. The maximum atomic E-state index is 12.7. The number of thiophene rings is 1. The molecule has 1 N–H and O–H groups in total. The lowest BCUT2D eigenvalue weighted by molar-refractivity contribution is -0.141. The first-order valence-electron chi connectivity index (χ1n) is 6.80. The molecule has 110 valence electrons. The molecule has 1 aliphatic carbocycles. The van der Waals surface area contributed by atoms with Crippen molar-refractivity contribution in [3.05, 3.63) is 16.8 Å². The van der Waals surface area contributed by atoms with E-state index in [0.29, 0.717) is 6.42 Å². The predicted molar refractivity (Wildman–Crippen MR) is 75.1 cm³/mol. The van der Waals surface area contributed by atoms with Crippen LogP contribution in [0.5, 0.6) is 0 Å². The van der Waals surface area contributed by atoms with Gasteiger partial charge in [-0.1, -0.05) is 12.8 Å². The van der Waals surface area contributed by atoms with Gasteiger partial charge in [0, 0.05) is 11.4 Å². The summed E-state index contributed by atoms with van der Waals surface area (Å²) in [5.74, 6) is -0.837. The molecule has 1 aliphatic heterocycles. The lowest BCUT2D eigenvalue weighted by Crippen LogP contribution is -2.45. The summed E-state index contributed by atoms with van der Waals surface area (Å²) in [6, 6.07) is 0.498. The zero-order valence-electron chi connectivity index (χ0n) is 10.9. The summed E-state index contributed by atoms with van der Waals surface area (Å²) in [4.78, 5) is 11.7. The minimum absolute atomic E-state index is 0.144. The number of hydrogen-bond donors (Lipinski definition) is 1. The Balaban J connectivity index is 2.01. The summed E-state index contributed by atoms with van der Waals surface area (Å²) >= 11 is 1.31. The number of aliphatic carboxylic acids is 1. The molecule has 1 saturated heterocycles. The third-order valence-corrected chi connectivity index (χ3v) is 7.15. The quantitative estimate of drug-likeness (QED) is 0.927. The Kier molecular flexibility index (Phi) is 3.60. The first kappa shape index (κ1) is 14.0. The van der Waals surface area contributed by atoms with Crippen LogP contribution < -0.4 is 0 Å². The van der Waals surface area contributed by atoms with Crippen LogP contribution in [0.25, 0.3) is 0 Å². The van der Waals surface area contributed by atoms with Crippen LogP contribution in [-0.2, 0) is 14.8 Å². The van der Waals surface area contributed by atoms with Gasteiger partial charge in [0.1, 0.15) is 6.04 Å². The van der Waals surface area contributed by atoms with E-state index >= 15 is 0 Å². The van der Waals surface area contributed by atoms with Crippen molar-refractivity contribution in [1.29, 1.82) is 0 Å². The summed E-state index contributed by atoms with van der Waals surface area (Å²) in [6.45, 7) is 0. The van der Waals surface area contributed by atoms with E-state index in [4.69, 9.17) is 0 Å². The fourth-order valence-corrected chi connectivity index (χ4v) is 6.38. The molecule has 0 aromatic carbocycles. The second-order valence-corrected chi connectivity index (χ2v) is 8.12. The average molecular weight is 315 g/mol. The topological polar surface area (TPSA) is 74.7 Å². The van der Waals surface area contributed by atoms with Gasteiger partial charge in [0.05, 0.1) is 4.90 Å². The number of carbonyl (C=O) groups is 1. The third-order valence-electron chi connectivity index (χ3n) is 4.38. The van der Waals surface area contributed by atoms with Gasteiger partial charge in [0.25, 0.3) is 0 Å². The third kappa shape index (κ3) is 2.17. The molecule has 20 heavy (non-hydrogen) atoms. The van der Waals surface area contributed by atoms with E-state index in [0.717, 1.165) is 25.7 Å². The Bertz CT molecular complexity index is 596. The minimum Gasteiger partial charge on any atom is -0.480 e. The number of carboxylic acid groups (broad SMARTS) is 1. The number of carboxylic acids is 1. The Hall–Kier alpha value is -0.920. The van der Waals surface area contributed by atoms with Gasteiger partial charge >= 0.3 is 5.97 Å². The largest absolute Gasteiger partial charge is 0.480 e. The molecule has 0 bridgehead atoms. The van der Waals surface area contributed by atoms with Crippen molar-refractivity contribution in [1.82, 2.24) is 4.31 Å². The van der Waals surface area contributed by atoms with Crippen molar-refractivity contribution in [2.75, 3.05) is 0 Å². The van der Waals surface area contributed by atoms with Crippen LogP contribution in [0.2, 0.25) is 0 Å². The lowest BCUT2D eigenvalue weighted by atomic mass is 9.85. The summed E-state index contributed by atoms with van der Waals surface area (Å²) in [5.41, 5.74) is 0. The first-order valence-corrected chi connectivity index (χ1v) is 9.18. The van der Waals surface area contributed by atoms with Gasteiger partial charge in [0.15, 0.2) is 0 Å². The molecule has 1 aromatic heterocycles. The van der Waals surface area contributed by atoms with Crippen LogP contribution in [0.1, 0.15) is 32.1 Å². The van der Waals surface area contributed by atoms with Crippen molar-refractivity contribution >= 4 is 27.3 Å². The maximum Gasteiger partial charge on any atom is 0.322 e. The zero-order chi connectivity index (χ0) is 14.3. The highest BCUT2D eigenvalue weighted by Crippen LogP contribution is 2.42. The average Bonchev–Trinajstić information content (AvgIpc) is 3.06. The number of nitrogens with zero attached hydrogens (tertiary/aromatic N) is 1. The molecular weight excluding hydrogens is 298 g/mol. The Morgan fingerprint density at radius 1 is 1.35 bits per heavy atom. The maximum absolute atomic E-state index is 12.7. The van der Waals surface area contributed by atoms with E-state index in [9.17, 15) is 18.3 Å². The second-order valence-electron chi connectivity index (χ2n) is 5.50. The van der Waals surface area contributed by atoms with Crippen molar-refractivity contribution < 1.29 is 18.3 Å². The Morgan fingerprint density at radius 3 is 2.75 bits per heavy atom. The number of rotatable bonds is 3. The summed E-state index contributed by atoms with van der Waals surface area (Å²) in [5, 5.41) is 12.7. The van der Waals surface area contributed by atoms with Gasteiger partial charge in [-0.2, -0.15) is 15.6 Å². The highest BCUT2D eigenvalue weighted by molar-refractivity contribution is 7.89. The van der Waals surface area contributed by atoms with Crippen molar-refractivity contribution in [2.24, 2.45) is 5.92 Å². The molecule has 2 fully saturated rings. The Morgan fingerprint density at radius 2 is 2.10 bits per heavy atom. The van der Waals surface area contributed by atoms with E-state index in [1.807, 2.05) is 0 Å². The van der Waals surface area contributed by atoms with Gasteiger partial charge in [-0.25, -0.2) is 8.42 Å². The molecule has 2 heterocycles. The van der Waals surface area contributed by atoms with E-state index in [2.05, 4.69) is 0 Å². The molecule has 3 rings (SSSR count).